The fraction of sp³-hybridized carbons (Fsp3) is 0.286. The normalized spacial score (nSPS) is 12.0. The number of hydrogen-bond donors (Lipinski definition) is 1. The number of pyridine rings is 1. The lowest BCUT2D eigenvalue weighted by Gasteiger charge is -2.17. The van der Waals surface area contributed by atoms with Crippen LogP contribution >= 0.6 is 0 Å². The Labute approximate surface area is 154 Å². The molecule has 0 aliphatic rings. The van der Waals surface area contributed by atoms with E-state index >= 15 is 0 Å². The highest BCUT2D eigenvalue weighted by Gasteiger charge is 2.12. The van der Waals surface area contributed by atoms with Gasteiger partial charge >= 0.3 is 0 Å². The molecule has 26 heavy (non-hydrogen) atoms. The molecule has 0 bridgehead atoms. The van der Waals surface area contributed by atoms with Crippen molar-refractivity contribution >= 4 is 0 Å². The molecular formula is C21H24N4O. The standard InChI is InChI=1S/C21H24N4O/c1-4-26-19-7-5-6-17(12-19)13-23-15(2)20-14-24-21(25-16(20)3)18-8-10-22-11-9-18/h5-12,14-15,23H,4,13H2,1-3H3. The third-order valence-corrected chi connectivity index (χ3v) is 4.24. The minimum absolute atomic E-state index is 0.150. The summed E-state index contributed by atoms with van der Waals surface area (Å²) < 4.78 is 5.56. The maximum absolute atomic E-state index is 5.56. The van der Waals surface area contributed by atoms with Gasteiger partial charge in [0.25, 0.3) is 0 Å². The summed E-state index contributed by atoms with van der Waals surface area (Å²) in [5.41, 5.74) is 4.25. The third kappa shape index (κ3) is 4.43. The van der Waals surface area contributed by atoms with Crippen LogP contribution in [0.1, 0.15) is 36.7 Å². The molecule has 2 heterocycles. The molecule has 3 rings (SSSR count). The maximum Gasteiger partial charge on any atom is 0.159 e. The van der Waals surface area contributed by atoms with Crippen LogP contribution < -0.4 is 10.1 Å². The number of ether oxygens (including phenoxy) is 1. The Hall–Kier alpha value is -2.79. The number of aromatic nitrogens is 3. The molecule has 0 aliphatic heterocycles. The number of nitrogens with zero attached hydrogens (tertiary/aromatic N) is 3. The fourth-order valence-electron chi connectivity index (χ4n) is 2.83. The molecule has 1 aromatic carbocycles. The van der Waals surface area contributed by atoms with Gasteiger partial charge in [0.15, 0.2) is 5.82 Å². The molecule has 0 spiro atoms. The second-order valence-electron chi connectivity index (χ2n) is 6.15. The van der Waals surface area contributed by atoms with Gasteiger partial charge < -0.3 is 10.1 Å². The molecule has 1 unspecified atom stereocenters. The maximum atomic E-state index is 5.56. The van der Waals surface area contributed by atoms with Crippen molar-refractivity contribution < 1.29 is 4.74 Å². The second kappa shape index (κ2) is 8.54. The summed E-state index contributed by atoms with van der Waals surface area (Å²) >= 11 is 0. The summed E-state index contributed by atoms with van der Waals surface area (Å²) in [6.07, 6.45) is 5.41. The summed E-state index contributed by atoms with van der Waals surface area (Å²) in [6.45, 7) is 7.58. The number of rotatable bonds is 7. The van der Waals surface area contributed by atoms with E-state index in [1.165, 1.54) is 5.56 Å². The van der Waals surface area contributed by atoms with Gasteiger partial charge in [-0.2, -0.15) is 0 Å². The molecule has 0 amide bonds. The van der Waals surface area contributed by atoms with Crippen LogP contribution in [-0.4, -0.2) is 21.6 Å². The smallest absolute Gasteiger partial charge is 0.159 e. The number of nitrogens with one attached hydrogen (secondary N) is 1. The number of hydrogen-bond acceptors (Lipinski definition) is 5. The molecule has 0 fully saturated rings. The zero-order valence-corrected chi connectivity index (χ0v) is 15.4. The molecule has 5 heteroatoms. The van der Waals surface area contributed by atoms with Gasteiger partial charge in [-0.1, -0.05) is 12.1 Å². The van der Waals surface area contributed by atoms with E-state index in [2.05, 4.69) is 39.3 Å². The number of benzene rings is 1. The number of aryl methyl sites for hydroxylation is 1. The van der Waals surface area contributed by atoms with Gasteiger partial charge in [-0.15, -0.1) is 0 Å². The van der Waals surface area contributed by atoms with Crippen molar-refractivity contribution in [2.75, 3.05) is 6.61 Å². The molecule has 134 valence electrons. The fourth-order valence-corrected chi connectivity index (χ4v) is 2.83. The highest BCUT2D eigenvalue weighted by molar-refractivity contribution is 5.53. The molecule has 0 aliphatic carbocycles. The van der Waals surface area contributed by atoms with Crippen molar-refractivity contribution in [3.05, 3.63) is 71.8 Å². The summed E-state index contributed by atoms with van der Waals surface area (Å²) in [4.78, 5) is 13.2. The highest BCUT2D eigenvalue weighted by atomic mass is 16.5. The van der Waals surface area contributed by atoms with E-state index in [4.69, 9.17) is 4.74 Å². The van der Waals surface area contributed by atoms with Crippen LogP contribution in [0.4, 0.5) is 0 Å². The van der Waals surface area contributed by atoms with E-state index in [1.54, 1.807) is 12.4 Å². The molecule has 0 radical (unpaired) electrons. The van der Waals surface area contributed by atoms with Crippen molar-refractivity contribution in [2.24, 2.45) is 0 Å². The lowest BCUT2D eigenvalue weighted by molar-refractivity contribution is 0.339. The Bertz CT molecular complexity index is 852. The minimum Gasteiger partial charge on any atom is -0.494 e. The Kier molecular flexibility index (Phi) is 5.92. The quantitative estimate of drug-likeness (QED) is 0.697. The topological polar surface area (TPSA) is 59.9 Å². The first-order valence-corrected chi connectivity index (χ1v) is 8.86. The van der Waals surface area contributed by atoms with Gasteiger partial charge in [0.2, 0.25) is 0 Å². The van der Waals surface area contributed by atoms with Crippen LogP contribution in [0.25, 0.3) is 11.4 Å². The lowest BCUT2D eigenvalue weighted by Crippen LogP contribution is -2.19. The minimum atomic E-state index is 0.150. The first-order valence-electron chi connectivity index (χ1n) is 8.86. The molecule has 1 N–H and O–H groups in total. The Morgan fingerprint density at radius 3 is 2.69 bits per heavy atom. The van der Waals surface area contributed by atoms with Crippen LogP contribution in [0.2, 0.25) is 0 Å². The van der Waals surface area contributed by atoms with Crippen molar-refractivity contribution in [1.29, 1.82) is 0 Å². The predicted molar refractivity (Wildman–Crippen MR) is 103 cm³/mol. The van der Waals surface area contributed by atoms with E-state index in [0.717, 1.165) is 34.9 Å². The SMILES string of the molecule is CCOc1cccc(CNC(C)c2cnc(-c3ccncc3)nc2C)c1. The van der Waals surface area contributed by atoms with E-state index in [0.29, 0.717) is 6.61 Å². The summed E-state index contributed by atoms with van der Waals surface area (Å²) in [5.74, 6) is 1.63. The van der Waals surface area contributed by atoms with E-state index < -0.39 is 0 Å². The van der Waals surface area contributed by atoms with Gasteiger partial charge in [0.1, 0.15) is 5.75 Å². The molecule has 1 atom stereocenters. The summed E-state index contributed by atoms with van der Waals surface area (Å²) in [5, 5.41) is 3.54. The molecule has 0 saturated heterocycles. The summed E-state index contributed by atoms with van der Waals surface area (Å²) in [7, 11) is 0. The van der Waals surface area contributed by atoms with Crippen molar-refractivity contribution in [1.82, 2.24) is 20.3 Å². The van der Waals surface area contributed by atoms with Gasteiger partial charge in [-0.25, -0.2) is 9.97 Å². The largest absolute Gasteiger partial charge is 0.494 e. The Morgan fingerprint density at radius 2 is 1.96 bits per heavy atom. The van der Waals surface area contributed by atoms with Crippen LogP contribution in [0.3, 0.4) is 0 Å². The molecular weight excluding hydrogens is 324 g/mol. The van der Waals surface area contributed by atoms with Crippen molar-refractivity contribution in [3.63, 3.8) is 0 Å². The first-order chi connectivity index (χ1) is 12.7. The highest BCUT2D eigenvalue weighted by Crippen LogP contribution is 2.20. The van der Waals surface area contributed by atoms with Crippen LogP contribution in [-0.2, 0) is 6.54 Å². The predicted octanol–water partition coefficient (Wildman–Crippen LogP) is 4.10. The van der Waals surface area contributed by atoms with Gasteiger partial charge in [0, 0.05) is 48.0 Å². The van der Waals surface area contributed by atoms with Crippen LogP contribution in [0.5, 0.6) is 5.75 Å². The van der Waals surface area contributed by atoms with E-state index in [1.807, 2.05) is 44.3 Å². The van der Waals surface area contributed by atoms with Crippen LogP contribution in [0.15, 0.2) is 55.0 Å². The Morgan fingerprint density at radius 1 is 1.15 bits per heavy atom. The summed E-state index contributed by atoms with van der Waals surface area (Å²) in [6, 6.07) is 12.1. The third-order valence-electron chi connectivity index (χ3n) is 4.24. The molecule has 3 aromatic rings. The average Bonchev–Trinajstić information content (AvgIpc) is 2.67. The lowest BCUT2D eigenvalue weighted by atomic mass is 10.1. The van der Waals surface area contributed by atoms with Gasteiger partial charge in [0.05, 0.1) is 6.61 Å². The van der Waals surface area contributed by atoms with Crippen molar-refractivity contribution in [2.45, 2.75) is 33.4 Å². The van der Waals surface area contributed by atoms with E-state index in [9.17, 15) is 0 Å². The molecule has 2 aromatic heterocycles. The zero-order valence-electron chi connectivity index (χ0n) is 15.4. The second-order valence-corrected chi connectivity index (χ2v) is 6.15. The van der Waals surface area contributed by atoms with Crippen molar-refractivity contribution in [3.8, 4) is 17.1 Å². The van der Waals surface area contributed by atoms with E-state index in [-0.39, 0.29) is 6.04 Å². The Balaban J connectivity index is 1.68. The first kappa shape index (κ1) is 18.0. The van der Waals surface area contributed by atoms with Gasteiger partial charge in [-0.3, -0.25) is 4.98 Å². The monoisotopic (exact) mass is 348 g/mol. The molecule has 0 saturated carbocycles. The van der Waals surface area contributed by atoms with Gasteiger partial charge in [-0.05, 0) is 50.6 Å². The zero-order chi connectivity index (χ0) is 18.4. The average molecular weight is 348 g/mol. The molecule has 5 nitrogen and oxygen atoms in total. The van der Waals surface area contributed by atoms with Crippen LogP contribution in [0, 0.1) is 6.92 Å².